The number of nitrogens with zero attached hydrogens (tertiary/aromatic N) is 2. The number of halogens is 1. The molecule has 2 heterocycles. The van der Waals surface area contributed by atoms with Crippen molar-refractivity contribution in [1.29, 1.82) is 0 Å². The minimum atomic E-state index is -0.958. The zero-order chi connectivity index (χ0) is 19.9. The zero-order valence-electron chi connectivity index (χ0n) is 15.6. The van der Waals surface area contributed by atoms with E-state index >= 15 is 0 Å². The van der Waals surface area contributed by atoms with Crippen LogP contribution in [0.4, 0.5) is 0 Å². The Hall–Kier alpha value is -2.79. The Labute approximate surface area is 168 Å². The first-order chi connectivity index (χ1) is 13.5. The summed E-state index contributed by atoms with van der Waals surface area (Å²) in [5.41, 5.74) is 1.18. The van der Waals surface area contributed by atoms with Gasteiger partial charge in [0.15, 0.2) is 0 Å². The number of carbonyl (C=O) groups is 2. The normalized spacial score (nSPS) is 16.3. The van der Waals surface area contributed by atoms with Gasteiger partial charge in [0.25, 0.3) is 5.91 Å². The Kier molecular flexibility index (Phi) is 4.63. The third-order valence-electron chi connectivity index (χ3n) is 5.89. The zero-order valence-corrected chi connectivity index (χ0v) is 16.3. The van der Waals surface area contributed by atoms with Crippen LogP contribution in [0.5, 0.6) is 0 Å². The lowest BCUT2D eigenvalue weighted by molar-refractivity contribution is -0.145. The van der Waals surface area contributed by atoms with Crippen LogP contribution in [-0.2, 0) is 17.3 Å². The van der Waals surface area contributed by atoms with E-state index in [1.165, 1.54) is 0 Å². The van der Waals surface area contributed by atoms with E-state index in [0.717, 1.165) is 16.5 Å². The number of aliphatic carboxylic acids is 1. The summed E-state index contributed by atoms with van der Waals surface area (Å²) in [5, 5.41) is 11.2. The maximum absolute atomic E-state index is 13.2. The van der Waals surface area contributed by atoms with Gasteiger partial charge in [-0.1, -0.05) is 60.1 Å². The standard InChI is InChI=1S/C22H21ClN2O3/c1-24-17-10-6-5-9-16(17)18(23)19(24)20(26)25-13-11-22(12-14-25,21(27)28)15-7-3-2-4-8-15/h2-10H,11-14H2,1H3,(H,27,28). The predicted octanol–water partition coefficient (Wildman–Crippen LogP) is 4.09. The number of carboxylic acids is 1. The first-order valence-corrected chi connectivity index (χ1v) is 9.64. The highest BCUT2D eigenvalue weighted by atomic mass is 35.5. The number of rotatable bonds is 3. The molecule has 144 valence electrons. The second-order valence-corrected chi connectivity index (χ2v) is 7.66. The topological polar surface area (TPSA) is 62.5 Å². The van der Waals surface area contributed by atoms with Crippen LogP contribution in [0.1, 0.15) is 28.9 Å². The summed E-state index contributed by atoms with van der Waals surface area (Å²) in [5.74, 6) is -0.996. The SMILES string of the molecule is Cn1c(C(=O)N2CCC(C(=O)O)(c3ccccc3)CC2)c(Cl)c2ccccc21. The molecule has 0 radical (unpaired) electrons. The Balaban J connectivity index is 1.62. The lowest BCUT2D eigenvalue weighted by Gasteiger charge is -2.39. The second-order valence-electron chi connectivity index (χ2n) is 7.28. The van der Waals surface area contributed by atoms with E-state index in [0.29, 0.717) is 36.6 Å². The summed E-state index contributed by atoms with van der Waals surface area (Å²) in [6.45, 7) is 0.746. The largest absolute Gasteiger partial charge is 0.481 e. The first-order valence-electron chi connectivity index (χ1n) is 9.27. The van der Waals surface area contributed by atoms with Crippen molar-refractivity contribution in [2.75, 3.05) is 13.1 Å². The van der Waals surface area contributed by atoms with Gasteiger partial charge in [-0.15, -0.1) is 0 Å². The number of hydrogen-bond donors (Lipinski definition) is 1. The van der Waals surface area contributed by atoms with Gasteiger partial charge in [-0.25, -0.2) is 0 Å². The van der Waals surface area contributed by atoms with Crippen LogP contribution >= 0.6 is 11.6 Å². The summed E-state index contributed by atoms with van der Waals surface area (Å²) in [4.78, 5) is 27.0. The Morgan fingerprint density at radius 3 is 2.21 bits per heavy atom. The minimum Gasteiger partial charge on any atom is -0.481 e. The highest BCUT2D eigenvalue weighted by Crippen LogP contribution is 2.37. The number of benzene rings is 2. The molecule has 2 aromatic carbocycles. The number of likely N-dealkylation sites (tertiary alicyclic amines) is 1. The predicted molar refractivity (Wildman–Crippen MR) is 109 cm³/mol. The van der Waals surface area contributed by atoms with Gasteiger partial charge >= 0.3 is 5.97 Å². The van der Waals surface area contributed by atoms with Gasteiger partial charge in [-0.2, -0.15) is 0 Å². The third kappa shape index (κ3) is 2.78. The van der Waals surface area contributed by atoms with E-state index in [2.05, 4.69) is 0 Å². The number of amides is 1. The van der Waals surface area contributed by atoms with E-state index in [1.54, 1.807) is 4.90 Å². The number of carbonyl (C=O) groups excluding carboxylic acids is 1. The van der Waals surface area contributed by atoms with Gasteiger partial charge in [0.05, 0.1) is 10.4 Å². The Morgan fingerprint density at radius 2 is 1.61 bits per heavy atom. The van der Waals surface area contributed by atoms with Crippen LogP contribution in [-0.4, -0.2) is 39.5 Å². The number of aromatic nitrogens is 1. The Bertz CT molecular complexity index is 1010. The van der Waals surface area contributed by atoms with Crippen LogP contribution in [0.25, 0.3) is 10.9 Å². The number of para-hydroxylation sites is 1. The van der Waals surface area contributed by atoms with Crippen LogP contribution < -0.4 is 0 Å². The van der Waals surface area contributed by atoms with Crippen molar-refractivity contribution in [1.82, 2.24) is 9.47 Å². The van der Waals surface area contributed by atoms with Crippen LogP contribution in [0, 0.1) is 0 Å². The molecule has 0 atom stereocenters. The maximum atomic E-state index is 13.2. The molecule has 1 amide bonds. The molecule has 5 nitrogen and oxygen atoms in total. The summed E-state index contributed by atoms with van der Waals surface area (Å²) in [6.07, 6.45) is 0.749. The molecule has 4 rings (SSSR count). The minimum absolute atomic E-state index is 0.157. The number of hydrogen-bond acceptors (Lipinski definition) is 2. The van der Waals surface area contributed by atoms with Crippen molar-refractivity contribution in [3.63, 3.8) is 0 Å². The quantitative estimate of drug-likeness (QED) is 0.725. The van der Waals surface area contributed by atoms with Crippen molar-refractivity contribution in [3.05, 3.63) is 70.9 Å². The summed E-state index contributed by atoms with van der Waals surface area (Å²) in [6, 6.07) is 16.9. The average molecular weight is 397 g/mol. The Morgan fingerprint density at radius 1 is 1.00 bits per heavy atom. The van der Waals surface area contributed by atoms with Gasteiger partial charge in [0.1, 0.15) is 5.69 Å². The molecule has 0 aliphatic carbocycles. The fourth-order valence-corrected chi connectivity index (χ4v) is 4.58. The smallest absolute Gasteiger partial charge is 0.314 e. The molecular formula is C22H21ClN2O3. The summed E-state index contributed by atoms with van der Waals surface area (Å²) >= 11 is 6.52. The van der Waals surface area contributed by atoms with E-state index in [-0.39, 0.29) is 5.91 Å². The molecule has 1 N–H and O–H groups in total. The molecule has 1 aliphatic heterocycles. The van der Waals surface area contributed by atoms with Crippen molar-refractivity contribution in [3.8, 4) is 0 Å². The van der Waals surface area contributed by atoms with E-state index in [4.69, 9.17) is 11.6 Å². The molecule has 0 bridgehead atoms. The maximum Gasteiger partial charge on any atom is 0.314 e. The van der Waals surface area contributed by atoms with Crippen LogP contribution in [0.3, 0.4) is 0 Å². The lowest BCUT2D eigenvalue weighted by Crippen LogP contribution is -2.49. The van der Waals surface area contributed by atoms with Gasteiger partial charge in [-0.05, 0) is 24.5 Å². The molecule has 1 aliphatic rings. The van der Waals surface area contributed by atoms with E-state index in [9.17, 15) is 14.7 Å². The van der Waals surface area contributed by atoms with Crippen molar-refractivity contribution in [2.45, 2.75) is 18.3 Å². The van der Waals surface area contributed by atoms with Crippen LogP contribution in [0.15, 0.2) is 54.6 Å². The molecule has 0 spiro atoms. The molecule has 3 aromatic rings. The van der Waals surface area contributed by atoms with Gasteiger partial charge in [0, 0.05) is 31.0 Å². The number of piperidine rings is 1. The monoisotopic (exact) mass is 396 g/mol. The molecule has 1 aromatic heterocycles. The number of carboxylic acid groups (broad SMARTS) is 1. The first kappa shape index (κ1) is 18.6. The highest BCUT2D eigenvalue weighted by Gasteiger charge is 2.44. The van der Waals surface area contributed by atoms with Gasteiger partial charge in [-0.3, -0.25) is 9.59 Å². The number of fused-ring (bicyclic) bond motifs is 1. The number of aryl methyl sites for hydroxylation is 1. The van der Waals surface area contributed by atoms with E-state index in [1.807, 2.05) is 66.2 Å². The fourth-order valence-electron chi connectivity index (χ4n) is 4.21. The van der Waals surface area contributed by atoms with Crippen molar-refractivity contribution < 1.29 is 14.7 Å². The van der Waals surface area contributed by atoms with Crippen molar-refractivity contribution >= 4 is 34.4 Å². The molecule has 1 fully saturated rings. The molecule has 0 saturated carbocycles. The third-order valence-corrected chi connectivity index (χ3v) is 6.27. The molecule has 6 heteroatoms. The van der Waals surface area contributed by atoms with Crippen molar-refractivity contribution in [2.24, 2.45) is 7.05 Å². The highest BCUT2D eigenvalue weighted by molar-refractivity contribution is 6.38. The summed E-state index contributed by atoms with van der Waals surface area (Å²) in [7, 11) is 1.83. The molecule has 28 heavy (non-hydrogen) atoms. The molecular weight excluding hydrogens is 376 g/mol. The van der Waals surface area contributed by atoms with Crippen LogP contribution in [0.2, 0.25) is 5.02 Å². The van der Waals surface area contributed by atoms with Gasteiger partial charge < -0.3 is 14.6 Å². The lowest BCUT2D eigenvalue weighted by atomic mass is 9.73. The van der Waals surface area contributed by atoms with Gasteiger partial charge in [0.2, 0.25) is 0 Å². The molecule has 1 saturated heterocycles. The van der Waals surface area contributed by atoms with E-state index < -0.39 is 11.4 Å². The second kappa shape index (κ2) is 6.99. The molecule has 0 unspecified atom stereocenters. The summed E-state index contributed by atoms with van der Waals surface area (Å²) < 4.78 is 1.82. The fraction of sp³-hybridized carbons (Fsp3) is 0.273. The average Bonchev–Trinajstić information content (AvgIpc) is 2.99.